The predicted octanol–water partition coefficient (Wildman–Crippen LogP) is 4.96. The van der Waals surface area contributed by atoms with Gasteiger partial charge in [-0.05, 0) is 23.7 Å². The van der Waals surface area contributed by atoms with Crippen molar-refractivity contribution in [3.05, 3.63) is 74.6 Å². The largest absolute Gasteiger partial charge is 0.389 e. The lowest BCUT2D eigenvalue weighted by Crippen LogP contribution is -2.60. The Morgan fingerprint density at radius 2 is 1.90 bits per heavy atom. The van der Waals surface area contributed by atoms with Gasteiger partial charge in [0.05, 0.1) is 22.7 Å². The van der Waals surface area contributed by atoms with E-state index in [4.69, 9.17) is 42.9 Å². The molecule has 0 aliphatic carbocycles. The molecular formula is C19H17Cl2N3O4S. The normalized spacial score (nSPS) is 31.6. The van der Waals surface area contributed by atoms with Gasteiger partial charge in [-0.25, -0.2) is 0 Å². The fourth-order valence-electron chi connectivity index (χ4n) is 3.33. The minimum atomic E-state index is -1.08. The first-order valence-corrected chi connectivity index (χ1v) is 10.5. The first-order valence-electron chi connectivity index (χ1n) is 8.88. The van der Waals surface area contributed by atoms with E-state index < -0.39 is 36.1 Å². The van der Waals surface area contributed by atoms with E-state index in [1.54, 1.807) is 18.2 Å². The summed E-state index contributed by atoms with van der Waals surface area (Å²) in [5.74, 6) is 0. The van der Waals surface area contributed by atoms with E-state index >= 15 is 0 Å². The van der Waals surface area contributed by atoms with Crippen molar-refractivity contribution < 1.29 is 19.3 Å². The van der Waals surface area contributed by atoms with E-state index in [9.17, 15) is 5.11 Å². The van der Waals surface area contributed by atoms with E-state index in [-0.39, 0.29) is 6.61 Å². The van der Waals surface area contributed by atoms with Crippen LogP contribution in [0.1, 0.15) is 11.9 Å². The van der Waals surface area contributed by atoms with Gasteiger partial charge in [-0.1, -0.05) is 70.4 Å². The van der Waals surface area contributed by atoms with Crippen molar-refractivity contribution in [2.45, 2.75) is 41.0 Å². The highest BCUT2D eigenvalue weighted by atomic mass is 35.5. The minimum Gasteiger partial charge on any atom is -0.389 e. The molecular weight excluding hydrogens is 437 g/mol. The Bertz CT molecular complexity index is 916. The monoisotopic (exact) mass is 453 g/mol. The van der Waals surface area contributed by atoms with Crippen molar-refractivity contribution in [3.8, 4) is 0 Å². The highest BCUT2D eigenvalue weighted by Gasteiger charge is 2.49. The van der Waals surface area contributed by atoms with Crippen molar-refractivity contribution in [3.63, 3.8) is 0 Å². The van der Waals surface area contributed by atoms with Gasteiger partial charge in [-0.15, -0.1) is 0 Å². The van der Waals surface area contributed by atoms with Gasteiger partial charge in [0.1, 0.15) is 23.7 Å². The molecule has 2 aromatic carbocycles. The summed E-state index contributed by atoms with van der Waals surface area (Å²) < 4.78 is 17.9. The lowest BCUT2D eigenvalue weighted by atomic mass is 9.97. The third-order valence-corrected chi connectivity index (χ3v) is 6.62. The fraction of sp³-hybridized carbons (Fsp3) is 0.368. The molecule has 0 radical (unpaired) electrons. The Hall–Kier alpha value is -1.48. The Balaban J connectivity index is 1.54. The van der Waals surface area contributed by atoms with E-state index in [0.29, 0.717) is 10.0 Å². The Morgan fingerprint density at radius 1 is 1.10 bits per heavy atom. The number of aliphatic hydroxyl groups is 1. The van der Waals surface area contributed by atoms with E-state index in [1.165, 1.54) is 11.8 Å². The van der Waals surface area contributed by atoms with Crippen LogP contribution >= 0.6 is 35.0 Å². The maximum atomic E-state index is 10.9. The van der Waals surface area contributed by atoms with Crippen LogP contribution < -0.4 is 0 Å². The summed E-state index contributed by atoms with van der Waals surface area (Å²) in [6, 6.07) is 13.8. The second-order valence-corrected chi connectivity index (χ2v) is 8.59. The van der Waals surface area contributed by atoms with Crippen molar-refractivity contribution in [1.29, 1.82) is 0 Å². The summed E-state index contributed by atoms with van der Waals surface area (Å²) >= 11 is 13.3. The summed E-state index contributed by atoms with van der Waals surface area (Å²) in [5, 5.41) is 15.5. The van der Waals surface area contributed by atoms with Crippen molar-refractivity contribution in [1.82, 2.24) is 0 Å². The third-order valence-electron chi connectivity index (χ3n) is 4.73. The van der Waals surface area contributed by atoms with E-state index in [1.807, 2.05) is 30.3 Å². The number of ether oxygens (including phenoxy) is 3. The smallest absolute Gasteiger partial charge is 0.184 e. The lowest BCUT2D eigenvalue weighted by Gasteiger charge is -2.46. The average molecular weight is 454 g/mol. The van der Waals surface area contributed by atoms with Gasteiger partial charge in [0.25, 0.3) is 0 Å². The number of nitrogens with zero attached hydrogens (tertiary/aromatic N) is 3. The Labute approximate surface area is 181 Å². The molecule has 0 amide bonds. The second kappa shape index (κ2) is 9.12. The number of hydrogen-bond donors (Lipinski definition) is 1. The van der Waals surface area contributed by atoms with Crippen molar-refractivity contribution >= 4 is 35.0 Å². The molecule has 2 unspecified atom stereocenters. The molecule has 4 rings (SSSR count). The first kappa shape index (κ1) is 20.8. The summed E-state index contributed by atoms with van der Waals surface area (Å²) in [7, 11) is 0. The maximum Gasteiger partial charge on any atom is 0.184 e. The van der Waals surface area contributed by atoms with Crippen LogP contribution in [-0.2, 0) is 14.2 Å². The molecule has 6 atom stereocenters. The van der Waals surface area contributed by atoms with Crippen LogP contribution in [0.5, 0.6) is 0 Å². The number of aliphatic hydroxyl groups excluding tert-OH is 1. The van der Waals surface area contributed by atoms with Gasteiger partial charge in [-0.2, -0.15) is 0 Å². The maximum absolute atomic E-state index is 10.9. The quantitative estimate of drug-likeness (QED) is 0.400. The first-order chi connectivity index (χ1) is 14.1. The van der Waals surface area contributed by atoms with Crippen LogP contribution in [0.3, 0.4) is 0 Å². The molecule has 29 heavy (non-hydrogen) atoms. The zero-order chi connectivity index (χ0) is 20.4. The lowest BCUT2D eigenvalue weighted by molar-refractivity contribution is -0.297. The van der Waals surface area contributed by atoms with Crippen LogP contribution in [0.4, 0.5) is 0 Å². The van der Waals surface area contributed by atoms with Crippen LogP contribution in [-0.4, -0.2) is 41.5 Å². The number of hydrogen-bond acceptors (Lipinski definition) is 6. The molecule has 2 saturated heterocycles. The number of fused-ring (bicyclic) bond motifs is 1. The second-order valence-electron chi connectivity index (χ2n) is 6.60. The van der Waals surface area contributed by atoms with Gasteiger partial charge in [0.15, 0.2) is 6.29 Å². The van der Waals surface area contributed by atoms with Crippen LogP contribution in [0, 0.1) is 0 Å². The van der Waals surface area contributed by atoms with Crippen LogP contribution in [0.15, 0.2) is 58.5 Å². The summed E-state index contributed by atoms with van der Waals surface area (Å²) in [6.45, 7) is 0.243. The zero-order valence-corrected chi connectivity index (χ0v) is 17.3. The van der Waals surface area contributed by atoms with Crippen molar-refractivity contribution in [2.75, 3.05) is 6.61 Å². The third kappa shape index (κ3) is 4.50. The van der Waals surface area contributed by atoms with Gasteiger partial charge in [0, 0.05) is 15.4 Å². The molecule has 0 spiro atoms. The van der Waals surface area contributed by atoms with Gasteiger partial charge in [0.2, 0.25) is 0 Å². The molecule has 0 aromatic heterocycles. The Kier molecular flexibility index (Phi) is 6.53. The summed E-state index contributed by atoms with van der Waals surface area (Å²) in [5.41, 5.74) is 9.18. The molecule has 152 valence electrons. The molecule has 2 aliphatic rings. The molecule has 0 bridgehead atoms. The number of rotatable bonds is 4. The molecule has 2 aliphatic heterocycles. The molecule has 2 fully saturated rings. The standard InChI is InChI=1S/C19H17Cl2N3O4S/c20-12-7-6-11(8-13(12)21)29-19-16(25)15(23-24-22)17-14(27-19)9-26-18(28-17)10-4-2-1-3-5-10/h1-8,14-19,25H,9H2/t14-,15?,16-,17+,18?,19-/m1/s1. The SMILES string of the molecule is [N-]=[N+]=NC1[C@@H](O)[C@@H](Sc2ccc(Cl)c(Cl)c2)O[C@@H]2COC(c3ccccc3)O[C@H]12. The van der Waals surface area contributed by atoms with Crippen LogP contribution in [0.2, 0.25) is 10.0 Å². The number of thioether (sulfide) groups is 1. The predicted molar refractivity (Wildman–Crippen MR) is 110 cm³/mol. The Morgan fingerprint density at radius 3 is 2.62 bits per heavy atom. The van der Waals surface area contributed by atoms with Crippen molar-refractivity contribution in [2.24, 2.45) is 5.11 Å². The van der Waals surface area contributed by atoms with Crippen LogP contribution in [0.25, 0.3) is 10.4 Å². The summed E-state index contributed by atoms with van der Waals surface area (Å²) in [6.07, 6.45) is -2.83. The molecule has 10 heteroatoms. The molecule has 7 nitrogen and oxygen atoms in total. The molecule has 2 aromatic rings. The number of halogens is 2. The van der Waals surface area contributed by atoms with E-state index in [0.717, 1.165) is 10.5 Å². The summed E-state index contributed by atoms with van der Waals surface area (Å²) in [4.78, 5) is 3.67. The number of benzene rings is 2. The highest BCUT2D eigenvalue weighted by Crippen LogP contribution is 2.40. The fourth-order valence-corrected chi connectivity index (χ4v) is 4.79. The minimum absolute atomic E-state index is 0.243. The van der Waals surface area contributed by atoms with Gasteiger partial charge >= 0.3 is 0 Å². The zero-order valence-electron chi connectivity index (χ0n) is 15.0. The topological polar surface area (TPSA) is 96.7 Å². The van der Waals surface area contributed by atoms with Gasteiger partial charge < -0.3 is 19.3 Å². The molecule has 0 saturated carbocycles. The highest BCUT2D eigenvalue weighted by molar-refractivity contribution is 7.99. The van der Waals surface area contributed by atoms with E-state index in [2.05, 4.69) is 10.0 Å². The number of azide groups is 1. The molecule has 1 N–H and O–H groups in total. The molecule has 2 heterocycles. The van der Waals surface area contributed by atoms with Gasteiger partial charge in [-0.3, -0.25) is 0 Å². The average Bonchev–Trinajstić information content (AvgIpc) is 2.74.